The summed E-state index contributed by atoms with van der Waals surface area (Å²) in [7, 11) is 0. The van der Waals surface area contributed by atoms with Gasteiger partial charge in [0.25, 0.3) is 0 Å². The molecular formula is C14H26O3. The van der Waals surface area contributed by atoms with E-state index < -0.39 is 11.7 Å². The van der Waals surface area contributed by atoms with E-state index in [1.54, 1.807) is 6.92 Å². The van der Waals surface area contributed by atoms with Gasteiger partial charge >= 0.3 is 5.97 Å². The molecule has 0 aliphatic heterocycles. The van der Waals surface area contributed by atoms with Crippen molar-refractivity contribution in [1.82, 2.24) is 0 Å². The molecule has 3 unspecified atom stereocenters. The van der Waals surface area contributed by atoms with E-state index >= 15 is 0 Å². The Hall–Kier alpha value is -0.570. The number of hydrogen-bond donors (Lipinski definition) is 0. The molecule has 0 radical (unpaired) electrons. The molecule has 0 N–H and O–H groups in total. The molecule has 3 heteroatoms. The lowest BCUT2D eigenvalue weighted by molar-refractivity contribution is -0.172. The van der Waals surface area contributed by atoms with Crippen molar-refractivity contribution in [3.05, 3.63) is 0 Å². The molecule has 0 aromatic heterocycles. The molecule has 0 amide bonds. The van der Waals surface area contributed by atoms with E-state index in [1.807, 2.05) is 20.8 Å². The maximum atomic E-state index is 11.8. The van der Waals surface area contributed by atoms with Crippen LogP contribution in [-0.2, 0) is 14.3 Å². The molecule has 17 heavy (non-hydrogen) atoms. The highest BCUT2D eigenvalue weighted by Crippen LogP contribution is 2.26. The van der Waals surface area contributed by atoms with Gasteiger partial charge in [0.05, 0.1) is 6.10 Å². The molecule has 0 aromatic rings. The monoisotopic (exact) mass is 242 g/mol. The molecule has 0 spiro atoms. The molecule has 1 aliphatic rings. The third-order valence-corrected chi connectivity index (χ3v) is 3.02. The Labute approximate surface area is 105 Å². The predicted octanol–water partition coefficient (Wildman–Crippen LogP) is 3.31. The Balaban J connectivity index is 2.37. The smallest absolute Gasteiger partial charge is 0.335 e. The standard InChI is InChI=1S/C14H26O3/c1-10-7-6-8-12(9-10)16-11(2)13(15)17-14(3,4)5/h10-12H,6-9H2,1-5H3. The summed E-state index contributed by atoms with van der Waals surface area (Å²) < 4.78 is 11.1. The Morgan fingerprint density at radius 2 is 1.94 bits per heavy atom. The fourth-order valence-corrected chi connectivity index (χ4v) is 2.23. The summed E-state index contributed by atoms with van der Waals surface area (Å²) in [6.07, 6.45) is 4.38. The summed E-state index contributed by atoms with van der Waals surface area (Å²) in [5.41, 5.74) is -0.436. The summed E-state index contributed by atoms with van der Waals surface area (Å²) in [6, 6.07) is 0. The van der Waals surface area contributed by atoms with Crippen LogP contribution in [0.2, 0.25) is 0 Å². The van der Waals surface area contributed by atoms with E-state index in [0.717, 1.165) is 12.8 Å². The van der Waals surface area contributed by atoms with E-state index in [2.05, 4.69) is 6.92 Å². The van der Waals surface area contributed by atoms with Crippen molar-refractivity contribution in [3.63, 3.8) is 0 Å². The maximum Gasteiger partial charge on any atom is 0.335 e. The third-order valence-electron chi connectivity index (χ3n) is 3.02. The molecule has 100 valence electrons. The third kappa shape index (κ3) is 5.53. The summed E-state index contributed by atoms with van der Waals surface area (Å²) in [4.78, 5) is 11.8. The fraction of sp³-hybridized carbons (Fsp3) is 0.929. The molecule has 1 fully saturated rings. The van der Waals surface area contributed by atoms with E-state index in [9.17, 15) is 4.79 Å². The molecular weight excluding hydrogens is 216 g/mol. The zero-order chi connectivity index (χ0) is 13.1. The van der Waals surface area contributed by atoms with Gasteiger partial charge in [-0.05, 0) is 46.5 Å². The van der Waals surface area contributed by atoms with Crippen molar-refractivity contribution < 1.29 is 14.3 Å². The molecule has 0 heterocycles. The topological polar surface area (TPSA) is 35.5 Å². The minimum atomic E-state index is -0.454. The van der Waals surface area contributed by atoms with Crippen molar-refractivity contribution in [2.24, 2.45) is 5.92 Å². The van der Waals surface area contributed by atoms with Gasteiger partial charge in [-0.25, -0.2) is 4.79 Å². The number of hydrogen-bond acceptors (Lipinski definition) is 3. The lowest BCUT2D eigenvalue weighted by Crippen LogP contribution is -2.35. The van der Waals surface area contributed by atoms with Gasteiger partial charge < -0.3 is 9.47 Å². The van der Waals surface area contributed by atoms with Crippen LogP contribution < -0.4 is 0 Å². The highest BCUT2D eigenvalue weighted by atomic mass is 16.6. The largest absolute Gasteiger partial charge is 0.458 e. The average Bonchev–Trinajstić information content (AvgIpc) is 2.14. The van der Waals surface area contributed by atoms with Crippen LogP contribution in [-0.4, -0.2) is 23.8 Å². The number of rotatable bonds is 3. The van der Waals surface area contributed by atoms with Crippen LogP contribution in [0.25, 0.3) is 0 Å². The average molecular weight is 242 g/mol. The van der Waals surface area contributed by atoms with E-state index in [0.29, 0.717) is 5.92 Å². The molecule has 3 atom stereocenters. The van der Waals surface area contributed by atoms with Gasteiger partial charge in [-0.3, -0.25) is 0 Å². The van der Waals surface area contributed by atoms with Gasteiger partial charge in [-0.2, -0.15) is 0 Å². The zero-order valence-electron chi connectivity index (χ0n) is 11.8. The van der Waals surface area contributed by atoms with Crippen LogP contribution in [0.4, 0.5) is 0 Å². The first-order chi connectivity index (χ1) is 7.78. The van der Waals surface area contributed by atoms with Crippen LogP contribution in [0, 0.1) is 5.92 Å². The SMILES string of the molecule is CC1CCCC(OC(C)C(=O)OC(C)(C)C)C1. The second-order valence-corrected chi connectivity index (χ2v) is 6.21. The van der Waals surface area contributed by atoms with E-state index in [1.165, 1.54) is 12.8 Å². The van der Waals surface area contributed by atoms with Gasteiger partial charge in [0, 0.05) is 0 Å². The number of carbonyl (C=O) groups is 1. The highest BCUT2D eigenvalue weighted by molar-refractivity contribution is 5.74. The fourth-order valence-electron chi connectivity index (χ4n) is 2.23. The van der Waals surface area contributed by atoms with Gasteiger partial charge in [-0.1, -0.05) is 19.8 Å². The van der Waals surface area contributed by atoms with Crippen molar-refractivity contribution in [2.75, 3.05) is 0 Å². The summed E-state index contributed by atoms with van der Waals surface area (Å²) >= 11 is 0. The first kappa shape index (κ1) is 14.5. The minimum absolute atomic E-state index is 0.223. The van der Waals surface area contributed by atoms with E-state index in [-0.39, 0.29) is 12.1 Å². The van der Waals surface area contributed by atoms with Crippen LogP contribution in [0.15, 0.2) is 0 Å². The van der Waals surface area contributed by atoms with Gasteiger partial charge in [0.2, 0.25) is 0 Å². The number of ether oxygens (including phenoxy) is 2. The maximum absolute atomic E-state index is 11.8. The quantitative estimate of drug-likeness (QED) is 0.712. The highest BCUT2D eigenvalue weighted by Gasteiger charge is 2.27. The Morgan fingerprint density at radius 3 is 2.47 bits per heavy atom. The molecule has 0 saturated heterocycles. The van der Waals surface area contributed by atoms with Crippen LogP contribution in [0.3, 0.4) is 0 Å². The summed E-state index contributed by atoms with van der Waals surface area (Å²) in [5, 5.41) is 0. The minimum Gasteiger partial charge on any atom is -0.458 e. The molecule has 0 bridgehead atoms. The Kier molecular flexibility index (Phi) is 4.99. The normalized spacial score (nSPS) is 27.6. The van der Waals surface area contributed by atoms with Crippen molar-refractivity contribution in [1.29, 1.82) is 0 Å². The van der Waals surface area contributed by atoms with Gasteiger partial charge in [0.1, 0.15) is 5.60 Å². The zero-order valence-corrected chi connectivity index (χ0v) is 11.8. The number of esters is 1. The predicted molar refractivity (Wildman–Crippen MR) is 67.8 cm³/mol. The van der Waals surface area contributed by atoms with E-state index in [4.69, 9.17) is 9.47 Å². The molecule has 3 nitrogen and oxygen atoms in total. The Bertz CT molecular complexity index is 255. The van der Waals surface area contributed by atoms with Crippen molar-refractivity contribution >= 4 is 5.97 Å². The lowest BCUT2D eigenvalue weighted by Gasteiger charge is -2.30. The van der Waals surface area contributed by atoms with Crippen molar-refractivity contribution in [2.45, 2.75) is 78.1 Å². The van der Waals surface area contributed by atoms with Crippen LogP contribution in [0.1, 0.15) is 60.3 Å². The first-order valence-electron chi connectivity index (χ1n) is 6.66. The lowest BCUT2D eigenvalue weighted by atomic mass is 9.88. The molecule has 1 rings (SSSR count). The van der Waals surface area contributed by atoms with Gasteiger partial charge in [-0.15, -0.1) is 0 Å². The molecule has 0 aromatic carbocycles. The summed E-state index contributed by atoms with van der Waals surface area (Å²) in [5.74, 6) is 0.454. The van der Waals surface area contributed by atoms with Crippen LogP contribution in [0.5, 0.6) is 0 Å². The van der Waals surface area contributed by atoms with Gasteiger partial charge in [0.15, 0.2) is 6.10 Å². The second-order valence-electron chi connectivity index (χ2n) is 6.21. The number of carbonyl (C=O) groups excluding carboxylic acids is 1. The van der Waals surface area contributed by atoms with Crippen LogP contribution >= 0.6 is 0 Å². The van der Waals surface area contributed by atoms with Crippen molar-refractivity contribution in [3.8, 4) is 0 Å². The summed E-state index contributed by atoms with van der Waals surface area (Å²) in [6.45, 7) is 9.65. The second kappa shape index (κ2) is 5.85. The molecule has 1 saturated carbocycles. The Morgan fingerprint density at radius 1 is 1.29 bits per heavy atom. The first-order valence-corrected chi connectivity index (χ1v) is 6.66. The molecule has 1 aliphatic carbocycles.